The molecule has 1 heterocycles. The number of hydrogen-bond donors (Lipinski definition) is 2. The first-order valence-corrected chi connectivity index (χ1v) is 7.17. The number of carbonyl (C=O) groups is 2. The van der Waals surface area contributed by atoms with E-state index in [1.165, 1.54) is 12.4 Å². The Morgan fingerprint density at radius 1 is 1.17 bits per heavy atom. The lowest BCUT2D eigenvalue weighted by molar-refractivity contribution is 0.0695. The Morgan fingerprint density at radius 2 is 1.83 bits per heavy atom. The third kappa shape index (κ3) is 3.56. The number of anilines is 1. The molecule has 7 heteroatoms. The number of carbonyl (C=O) groups excluding carboxylic acids is 1. The summed E-state index contributed by atoms with van der Waals surface area (Å²) >= 11 is 0. The third-order valence-corrected chi connectivity index (χ3v) is 3.43. The SMILES string of the molecule is Cc1cc(C)c(C(=O)O)cc1NC(=O)c1ncn(C(C)(C)C)n1. The summed E-state index contributed by atoms with van der Waals surface area (Å²) in [6.45, 7) is 9.37. The van der Waals surface area contributed by atoms with Gasteiger partial charge < -0.3 is 10.4 Å². The monoisotopic (exact) mass is 316 g/mol. The van der Waals surface area contributed by atoms with Crippen LogP contribution in [-0.2, 0) is 5.54 Å². The van der Waals surface area contributed by atoms with Crippen molar-refractivity contribution in [3.63, 3.8) is 0 Å². The maximum atomic E-state index is 12.3. The lowest BCUT2D eigenvalue weighted by Gasteiger charge is -2.17. The number of benzene rings is 1. The van der Waals surface area contributed by atoms with Gasteiger partial charge in [0.1, 0.15) is 6.33 Å². The Kier molecular flexibility index (Phi) is 4.22. The molecule has 1 aromatic carbocycles. The summed E-state index contributed by atoms with van der Waals surface area (Å²) in [5.74, 6) is -1.47. The third-order valence-electron chi connectivity index (χ3n) is 3.43. The summed E-state index contributed by atoms with van der Waals surface area (Å²) in [4.78, 5) is 27.5. The molecule has 0 saturated carbocycles. The number of nitrogens with one attached hydrogen (secondary N) is 1. The molecule has 0 aliphatic heterocycles. The average Bonchev–Trinajstić information content (AvgIpc) is 2.91. The lowest BCUT2D eigenvalue weighted by Crippen LogP contribution is -2.23. The van der Waals surface area contributed by atoms with Gasteiger partial charge in [0.15, 0.2) is 0 Å². The zero-order chi connectivity index (χ0) is 17.4. The van der Waals surface area contributed by atoms with Crippen LogP contribution < -0.4 is 5.32 Å². The Morgan fingerprint density at radius 3 is 2.35 bits per heavy atom. The number of amides is 1. The van der Waals surface area contributed by atoms with Gasteiger partial charge in [-0.2, -0.15) is 0 Å². The van der Waals surface area contributed by atoms with E-state index >= 15 is 0 Å². The summed E-state index contributed by atoms with van der Waals surface area (Å²) < 4.78 is 1.60. The number of carboxylic acid groups (broad SMARTS) is 1. The molecule has 1 aromatic heterocycles. The zero-order valence-electron chi connectivity index (χ0n) is 13.8. The first kappa shape index (κ1) is 16.7. The summed E-state index contributed by atoms with van der Waals surface area (Å²) in [6, 6.07) is 3.17. The van der Waals surface area contributed by atoms with Crippen LogP contribution in [0.3, 0.4) is 0 Å². The number of nitrogens with zero attached hydrogens (tertiary/aromatic N) is 3. The van der Waals surface area contributed by atoms with Gasteiger partial charge in [0, 0.05) is 5.69 Å². The molecule has 23 heavy (non-hydrogen) atoms. The largest absolute Gasteiger partial charge is 0.478 e. The molecule has 0 bridgehead atoms. The predicted octanol–water partition coefficient (Wildman–Crippen LogP) is 2.60. The van der Waals surface area contributed by atoms with Crippen molar-refractivity contribution >= 4 is 17.6 Å². The van der Waals surface area contributed by atoms with Crippen LogP contribution in [-0.4, -0.2) is 31.7 Å². The minimum atomic E-state index is -1.03. The van der Waals surface area contributed by atoms with Gasteiger partial charge >= 0.3 is 5.97 Å². The summed E-state index contributed by atoms with van der Waals surface area (Å²) in [6.07, 6.45) is 1.50. The van der Waals surface area contributed by atoms with Crippen molar-refractivity contribution in [2.24, 2.45) is 0 Å². The summed E-state index contributed by atoms with van der Waals surface area (Å²) in [5, 5.41) is 16.0. The molecule has 0 fully saturated rings. The maximum Gasteiger partial charge on any atom is 0.336 e. The Balaban J connectivity index is 2.28. The van der Waals surface area contributed by atoms with Crippen molar-refractivity contribution in [3.8, 4) is 0 Å². The van der Waals surface area contributed by atoms with E-state index < -0.39 is 11.9 Å². The van der Waals surface area contributed by atoms with E-state index in [1.54, 1.807) is 24.6 Å². The van der Waals surface area contributed by atoms with Crippen LogP contribution in [0.15, 0.2) is 18.5 Å². The second-order valence-electron chi connectivity index (χ2n) is 6.42. The van der Waals surface area contributed by atoms with Gasteiger partial charge in [-0.1, -0.05) is 6.07 Å². The quantitative estimate of drug-likeness (QED) is 0.907. The standard InChI is InChI=1S/C16H20N4O3/c1-9-6-10(2)12(7-11(9)15(22)23)18-14(21)13-17-8-20(19-13)16(3,4)5/h6-8H,1-5H3,(H,18,21)(H,22,23). The number of hydrogen-bond acceptors (Lipinski definition) is 4. The van der Waals surface area contributed by atoms with E-state index in [9.17, 15) is 14.7 Å². The summed E-state index contributed by atoms with van der Waals surface area (Å²) in [5.41, 5.74) is 1.73. The number of aryl methyl sites for hydroxylation is 2. The highest BCUT2D eigenvalue weighted by Crippen LogP contribution is 2.21. The van der Waals surface area contributed by atoms with Crippen molar-refractivity contribution in [2.45, 2.75) is 40.2 Å². The topological polar surface area (TPSA) is 97.1 Å². The summed E-state index contributed by atoms with van der Waals surface area (Å²) in [7, 11) is 0. The highest BCUT2D eigenvalue weighted by molar-refractivity contribution is 6.03. The molecule has 0 unspecified atom stereocenters. The van der Waals surface area contributed by atoms with Gasteiger partial charge in [-0.15, -0.1) is 5.10 Å². The highest BCUT2D eigenvalue weighted by Gasteiger charge is 2.19. The highest BCUT2D eigenvalue weighted by atomic mass is 16.4. The van der Waals surface area contributed by atoms with Crippen LogP contribution in [0.1, 0.15) is 52.9 Å². The van der Waals surface area contributed by atoms with Gasteiger partial charge in [0.25, 0.3) is 5.91 Å². The molecule has 2 aromatic rings. The molecular weight excluding hydrogens is 296 g/mol. The molecular formula is C16H20N4O3. The van der Waals surface area contributed by atoms with Crippen molar-refractivity contribution in [1.29, 1.82) is 0 Å². The molecule has 0 saturated heterocycles. The molecule has 0 atom stereocenters. The van der Waals surface area contributed by atoms with Gasteiger partial charge in [-0.25, -0.2) is 14.5 Å². The molecule has 0 radical (unpaired) electrons. The van der Waals surface area contributed by atoms with E-state index in [2.05, 4.69) is 15.4 Å². The number of aromatic nitrogens is 3. The smallest absolute Gasteiger partial charge is 0.336 e. The van der Waals surface area contributed by atoms with Crippen LogP contribution in [0, 0.1) is 13.8 Å². The van der Waals surface area contributed by atoms with E-state index in [0.29, 0.717) is 11.3 Å². The molecule has 7 nitrogen and oxygen atoms in total. The van der Waals surface area contributed by atoms with Crippen LogP contribution in [0.4, 0.5) is 5.69 Å². The van der Waals surface area contributed by atoms with E-state index in [-0.39, 0.29) is 16.9 Å². The molecule has 0 aliphatic rings. The minimum Gasteiger partial charge on any atom is -0.478 e. The molecule has 1 amide bonds. The number of carboxylic acids is 1. The van der Waals surface area contributed by atoms with Gasteiger partial charge in [-0.3, -0.25) is 4.79 Å². The van der Waals surface area contributed by atoms with E-state index in [0.717, 1.165) is 5.56 Å². The van der Waals surface area contributed by atoms with Crippen molar-refractivity contribution < 1.29 is 14.7 Å². The normalized spacial score (nSPS) is 11.3. The average molecular weight is 316 g/mol. The van der Waals surface area contributed by atoms with Crippen LogP contribution >= 0.6 is 0 Å². The fraction of sp³-hybridized carbons (Fsp3) is 0.375. The first-order chi connectivity index (χ1) is 10.6. The molecule has 0 spiro atoms. The van der Waals surface area contributed by atoms with E-state index in [1.807, 2.05) is 20.8 Å². The van der Waals surface area contributed by atoms with Gasteiger partial charge in [0.2, 0.25) is 5.82 Å². The van der Waals surface area contributed by atoms with Crippen molar-refractivity contribution in [2.75, 3.05) is 5.32 Å². The maximum absolute atomic E-state index is 12.3. The zero-order valence-corrected chi connectivity index (χ0v) is 13.8. The van der Waals surface area contributed by atoms with Crippen LogP contribution in [0.2, 0.25) is 0 Å². The lowest BCUT2D eigenvalue weighted by atomic mass is 10.0. The molecule has 2 N–H and O–H groups in total. The number of rotatable bonds is 3. The second kappa shape index (κ2) is 5.83. The fourth-order valence-electron chi connectivity index (χ4n) is 2.09. The second-order valence-corrected chi connectivity index (χ2v) is 6.42. The minimum absolute atomic E-state index is 0.0387. The van der Waals surface area contributed by atoms with E-state index in [4.69, 9.17) is 0 Å². The van der Waals surface area contributed by atoms with Crippen molar-refractivity contribution in [1.82, 2.24) is 14.8 Å². The Labute approximate surface area is 134 Å². The fourth-order valence-corrected chi connectivity index (χ4v) is 2.09. The van der Waals surface area contributed by atoms with Gasteiger partial charge in [0.05, 0.1) is 11.1 Å². The number of aromatic carboxylic acids is 1. The molecule has 122 valence electrons. The predicted molar refractivity (Wildman–Crippen MR) is 85.8 cm³/mol. The molecule has 2 rings (SSSR count). The van der Waals surface area contributed by atoms with Crippen LogP contribution in [0.5, 0.6) is 0 Å². The first-order valence-electron chi connectivity index (χ1n) is 7.17. The molecule has 0 aliphatic carbocycles. The Bertz CT molecular complexity index is 772. The van der Waals surface area contributed by atoms with Gasteiger partial charge in [-0.05, 0) is 51.8 Å². The van der Waals surface area contributed by atoms with Crippen LogP contribution in [0.25, 0.3) is 0 Å². The van der Waals surface area contributed by atoms with Crippen molar-refractivity contribution in [3.05, 3.63) is 41.0 Å². The Hall–Kier alpha value is -2.70.